The normalized spacial score (nSPS) is 19.9. The highest BCUT2D eigenvalue weighted by Gasteiger charge is 2.24. The molecule has 3 aromatic rings. The van der Waals surface area contributed by atoms with Crippen molar-refractivity contribution in [2.24, 2.45) is 0 Å². The van der Waals surface area contributed by atoms with Crippen molar-refractivity contribution in [3.63, 3.8) is 0 Å². The Labute approximate surface area is 210 Å². The molecule has 6 rings (SSSR count). The van der Waals surface area contributed by atoms with Crippen LogP contribution in [0.25, 0.3) is 22.2 Å². The third kappa shape index (κ3) is 4.74. The van der Waals surface area contributed by atoms with E-state index < -0.39 is 0 Å². The van der Waals surface area contributed by atoms with Gasteiger partial charge in [0.1, 0.15) is 0 Å². The number of hydrogen-bond donors (Lipinski definition) is 2. The smallest absolute Gasteiger partial charge is 0.0501 e. The van der Waals surface area contributed by atoms with E-state index in [-0.39, 0.29) is 0 Å². The summed E-state index contributed by atoms with van der Waals surface area (Å²) in [4.78, 5) is 11.6. The van der Waals surface area contributed by atoms with Crippen LogP contribution in [0.1, 0.15) is 37.8 Å². The molecule has 0 radical (unpaired) electrons. The summed E-state index contributed by atoms with van der Waals surface area (Å²) in [6.07, 6.45) is 4.74. The number of anilines is 1. The summed E-state index contributed by atoms with van der Waals surface area (Å²) in [5.41, 5.74) is 8.40. The Kier molecular flexibility index (Phi) is 6.57. The Hall–Kier alpha value is -2.34. The maximum absolute atomic E-state index is 3.87. The van der Waals surface area contributed by atoms with E-state index >= 15 is 0 Å². The highest BCUT2D eigenvalue weighted by atomic mass is 15.3. The summed E-state index contributed by atoms with van der Waals surface area (Å²) >= 11 is 0. The fourth-order valence-electron chi connectivity index (χ4n) is 6.43. The number of H-pyrrole nitrogens is 1. The molecule has 2 aromatic carbocycles. The molecule has 3 aliphatic rings. The van der Waals surface area contributed by atoms with Crippen LogP contribution in [0.4, 0.5) is 5.69 Å². The van der Waals surface area contributed by atoms with Gasteiger partial charge >= 0.3 is 0 Å². The summed E-state index contributed by atoms with van der Waals surface area (Å²) in [5.74, 6) is 0. The lowest BCUT2D eigenvalue weighted by Gasteiger charge is -2.38. The standard InChI is InChI=1S/C30H41N5/c1-22(2)34-19-17-33(18-20-34)16-13-31-24-11-14-35(15-12-24)25-9-7-23-8-10-27-26-5-3-4-6-29(26)32-30(27)28(23)21-25/h3-7,9,21-22,24,31-32H,8,10-20H2,1-2H3. The van der Waals surface area contributed by atoms with Crippen LogP contribution in [0.5, 0.6) is 0 Å². The molecule has 0 saturated carbocycles. The van der Waals surface area contributed by atoms with Gasteiger partial charge in [-0.05, 0) is 68.9 Å². The lowest BCUT2D eigenvalue weighted by atomic mass is 9.88. The Morgan fingerprint density at radius 2 is 1.74 bits per heavy atom. The second-order valence-corrected chi connectivity index (χ2v) is 11.1. The Morgan fingerprint density at radius 3 is 2.54 bits per heavy atom. The van der Waals surface area contributed by atoms with Crippen LogP contribution in [-0.2, 0) is 12.8 Å². The van der Waals surface area contributed by atoms with Crippen molar-refractivity contribution < 1.29 is 0 Å². The fourth-order valence-corrected chi connectivity index (χ4v) is 6.43. The van der Waals surface area contributed by atoms with Gasteiger partial charge in [-0.2, -0.15) is 0 Å². The Bertz CT molecular complexity index is 1150. The van der Waals surface area contributed by atoms with Crippen LogP contribution >= 0.6 is 0 Å². The summed E-state index contributed by atoms with van der Waals surface area (Å²) in [6.45, 7) is 14.1. The van der Waals surface area contributed by atoms with E-state index in [4.69, 9.17) is 0 Å². The average Bonchev–Trinajstić information content (AvgIpc) is 3.28. The molecular formula is C30H41N5. The topological polar surface area (TPSA) is 37.5 Å². The first kappa shape index (κ1) is 23.1. The monoisotopic (exact) mass is 471 g/mol. The van der Waals surface area contributed by atoms with E-state index in [2.05, 4.69) is 81.3 Å². The summed E-state index contributed by atoms with van der Waals surface area (Å²) in [5, 5.41) is 5.26. The number of para-hydroxylation sites is 1. The van der Waals surface area contributed by atoms with Gasteiger partial charge in [0.15, 0.2) is 0 Å². The maximum atomic E-state index is 3.87. The van der Waals surface area contributed by atoms with Crippen LogP contribution in [0, 0.1) is 0 Å². The Morgan fingerprint density at radius 1 is 0.943 bits per heavy atom. The summed E-state index contributed by atoms with van der Waals surface area (Å²) in [6, 6.07) is 17.3. The number of piperazine rings is 1. The molecule has 0 unspecified atom stereocenters. The molecule has 1 aromatic heterocycles. The third-order valence-electron chi connectivity index (χ3n) is 8.68. The van der Waals surface area contributed by atoms with Crippen molar-refractivity contribution in [3.8, 4) is 11.3 Å². The lowest BCUT2D eigenvalue weighted by Crippen LogP contribution is -2.51. The van der Waals surface area contributed by atoms with Gasteiger partial charge in [-0.3, -0.25) is 9.80 Å². The number of aromatic nitrogens is 1. The maximum Gasteiger partial charge on any atom is 0.0501 e. The molecule has 35 heavy (non-hydrogen) atoms. The first-order valence-corrected chi connectivity index (χ1v) is 13.8. The van der Waals surface area contributed by atoms with Gasteiger partial charge in [0.2, 0.25) is 0 Å². The third-order valence-corrected chi connectivity index (χ3v) is 8.68. The molecule has 2 N–H and O–H groups in total. The van der Waals surface area contributed by atoms with Crippen LogP contribution in [0.15, 0.2) is 42.5 Å². The largest absolute Gasteiger partial charge is 0.371 e. The Balaban J connectivity index is 1.04. The zero-order chi connectivity index (χ0) is 23.8. The number of piperidine rings is 1. The van der Waals surface area contributed by atoms with E-state index in [1.54, 1.807) is 0 Å². The van der Waals surface area contributed by atoms with Gasteiger partial charge in [-0.1, -0.05) is 24.3 Å². The quantitative estimate of drug-likeness (QED) is 0.554. The number of rotatable bonds is 6. The highest BCUT2D eigenvalue weighted by Crippen LogP contribution is 2.39. The van der Waals surface area contributed by atoms with Crippen LogP contribution in [0.2, 0.25) is 0 Å². The molecule has 3 heterocycles. The van der Waals surface area contributed by atoms with Gasteiger partial charge in [-0.15, -0.1) is 0 Å². The van der Waals surface area contributed by atoms with Crippen molar-refractivity contribution in [1.29, 1.82) is 0 Å². The number of nitrogens with one attached hydrogen (secondary N) is 2. The highest BCUT2D eigenvalue weighted by molar-refractivity contribution is 5.92. The zero-order valence-corrected chi connectivity index (χ0v) is 21.5. The van der Waals surface area contributed by atoms with Crippen LogP contribution in [-0.4, -0.2) is 79.2 Å². The van der Waals surface area contributed by atoms with Crippen molar-refractivity contribution in [3.05, 3.63) is 53.6 Å². The van der Waals surface area contributed by atoms with E-state index in [1.165, 1.54) is 84.5 Å². The van der Waals surface area contributed by atoms with E-state index in [1.807, 2.05) is 0 Å². The number of hydrogen-bond acceptors (Lipinski definition) is 4. The predicted molar refractivity (Wildman–Crippen MR) is 148 cm³/mol. The summed E-state index contributed by atoms with van der Waals surface area (Å²) in [7, 11) is 0. The predicted octanol–water partition coefficient (Wildman–Crippen LogP) is 4.52. The molecule has 0 spiro atoms. The van der Waals surface area contributed by atoms with Gasteiger partial charge in [0.05, 0.1) is 5.69 Å². The molecule has 5 heteroatoms. The lowest BCUT2D eigenvalue weighted by molar-refractivity contribution is 0.108. The second kappa shape index (κ2) is 9.96. The molecule has 0 amide bonds. The molecule has 5 nitrogen and oxygen atoms in total. The number of nitrogens with zero attached hydrogens (tertiary/aromatic N) is 3. The van der Waals surface area contributed by atoms with Gasteiger partial charge in [0.25, 0.3) is 0 Å². The molecule has 1 aliphatic carbocycles. The number of fused-ring (bicyclic) bond motifs is 5. The SMILES string of the molecule is CC(C)N1CCN(CCNC2CCN(c3ccc4c(c3)-c3[nH]c5ccccc5c3CC4)CC2)CC1. The number of benzene rings is 2. The molecular weight excluding hydrogens is 430 g/mol. The average molecular weight is 472 g/mol. The van der Waals surface area contributed by atoms with E-state index in [9.17, 15) is 0 Å². The minimum atomic E-state index is 0.654. The van der Waals surface area contributed by atoms with Gasteiger partial charge in [0, 0.05) is 86.6 Å². The summed E-state index contributed by atoms with van der Waals surface area (Å²) < 4.78 is 0. The first-order chi connectivity index (χ1) is 17.2. The first-order valence-electron chi connectivity index (χ1n) is 13.8. The van der Waals surface area contributed by atoms with Gasteiger partial charge < -0.3 is 15.2 Å². The van der Waals surface area contributed by atoms with E-state index in [0.29, 0.717) is 12.1 Å². The molecule has 2 fully saturated rings. The van der Waals surface area contributed by atoms with Crippen LogP contribution < -0.4 is 10.2 Å². The van der Waals surface area contributed by atoms with Crippen molar-refractivity contribution in [2.45, 2.75) is 51.6 Å². The fraction of sp³-hybridized carbons (Fsp3) is 0.533. The van der Waals surface area contributed by atoms with Crippen molar-refractivity contribution in [2.75, 3.05) is 57.3 Å². The zero-order valence-electron chi connectivity index (χ0n) is 21.5. The van der Waals surface area contributed by atoms with Crippen LogP contribution in [0.3, 0.4) is 0 Å². The molecule has 2 saturated heterocycles. The van der Waals surface area contributed by atoms with Crippen molar-refractivity contribution in [1.82, 2.24) is 20.1 Å². The van der Waals surface area contributed by atoms with Gasteiger partial charge in [-0.25, -0.2) is 0 Å². The molecule has 0 atom stereocenters. The minimum Gasteiger partial charge on any atom is -0.371 e. The second-order valence-electron chi connectivity index (χ2n) is 11.1. The minimum absolute atomic E-state index is 0.654. The number of aryl methyl sites for hydroxylation is 2. The molecule has 0 bridgehead atoms. The van der Waals surface area contributed by atoms with Crippen molar-refractivity contribution >= 4 is 16.6 Å². The number of aromatic amines is 1. The van der Waals surface area contributed by atoms with E-state index in [0.717, 1.165) is 32.5 Å². The molecule has 2 aliphatic heterocycles. The molecule has 186 valence electrons.